The van der Waals surface area contributed by atoms with E-state index in [1.807, 2.05) is 47.0 Å². The highest BCUT2D eigenvalue weighted by molar-refractivity contribution is 7.92. The van der Waals surface area contributed by atoms with Crippen LogP contribution in [0.25, 0.3) is 11.0 Å². The number of aliphatic carboxylic acids is 1. The van der Waals surface area contributed by atoms with Gasteiger partial charge in [0.2, 0.25) is 0 Å². The molecule has 34 heavy (non-hydrogen) atoms. The van der Waals surface area contributed by atoms with Gasteiger partial charge in [-0.15, -0.1) is 0 Å². The molecular formula is C26H27N3O4S. The number of hydrogen-bond acceptors (Lipinski definition) is 4. The zero-order chi connectivity index (χ0) is 24.5. The molecule has 0 saturated carbocycles. The number of fused-ring (bicyclic) bond motifs is 1. The van der Waals surface area contributed by atoms with Crippen LogP contribution in [-0.2, 0) is 20.2 Å². The molecule has 1 aromatic heterocycles. The van der Waals surface area contributed by atoms with Crippen LogP contribution in [0.1, 0.15) is 44.4 Å². The van der Waals surface area contributed by atoms with Crippen LogP contribution in [0.3, 0.4) is 0 Å². The fourth-order valence-electron chi connectivity index (χ4n) is 3.91. The lowest BCUT2D eigenvalue weighted by Crippen LogP contribution is -2.15. The maximum Gasteiger partial charge on any atom is 0.305 e. The molecule has 1 unspecified atom stereocenters. The number of anilines is 1. The van der Waals surface area contributed by atoms with Crippen molar-refractivity contribution in [2.75, 3.05) is 4.72 Å². The Morgan fingerprint density at radius 2 is 1.71 bits per heavy atom. The quantitative estimate of drug-likeness (QED) is 0.381. The minimum atomic E-state index is -3.77. The number of nitrogens with zero attached hydrogens (tertiary/aromatic N) is 2. The van der Waals surface area contributed by atoms with Gasteiger partial charge in [0, 0.05) is 0 Å². The van der Waals surface area contributed by atoms with Gasteiger partial charge in [-0.3, -0.25) is 9.52 Å². The average Bonchev–Trinajstić information content (AvgIpc) is 3.20. The van der Waals surface area contributed by atoms with E-state index in [1.165, 1.54) is 0 Å². The molecule has 1 atom stereocenters. The molecule has 2 N–H and O–H groups in total. The van der Waals surface area contributed by atoms with E-state index in [2.05, 4.69) is 30.5 Å². The lowest BCUT2D eigenvalue weighted by molar-refractivity contribution is -0.137. The summed E-state index contributed by atoms with van der Waals surface area (Å²) >= 11 is 0. The Balaban J connectivity index is 1.63. The summed E-state index contributed by atoms with van der Waals surface area (Å²) in [6.45, 7) is 6.21. The first kappa shape index (κ1) is 23.5. The van der Waals surface area contributed by atoms with Crippen LogP contribution in [0.2, 0.25) is 0 Å². The minimum absolute atomic E-state index is 0.0716. The van der Waals surface area contributed by atoms with E-state index in [0.29, 0.717) is 16.7 Å². The van der Waals surface area contributed by atoms with Crippen LogP contribution < -0.4 is 4.72 Å². The third kappa shape index (κ3) is 4.97. The molecule has 0 spiro atoms. The Bertz CT molecular complexity index is 1420. The topological polar surface area (TPSA) is 101 Å². The molecule has 1 heterocycles. The molecule has 4 aromatic rings. The molecule has 3 aromatic carbocycles. The molecule has 0 aliphatic rings. The first-order valence-corrected chi connectivity index (χ1v) is 12.4. The molecular weight excluding hydrogens is 450 g/mol. The predicted molar refractivity (Wildman–Crippen MR) is 133 cm³/mol. The second-order valence-corrected chi connectivity index (χ2v) is 10.9. The third-order valence-electron chi connectivity index (χ3n) is 5.75. The van der Waals surface area contributed by atoms with Crippen molar-refractivity contribution in [1.82, 2.24) is 9.55 Å². The van der Waals surface area contributed by atoms with Crippen LogP contribution in [-0.4, -0.2) is 29.0 Å². The Morgan fingerprint density at radius 3 is 2.32 bits per heavy atom. The monoisotopic (exact) mass is 477 g/mol. The first-order valence-electron chi connectivity index (χ1n) is 10.9. The number of imidazole rings is 1. The van der Waals surface area contributed by atoms with Gasteiger partial charge in [-0.2, -0.15) is 0 Å². The molecule has 7 nitrogen and oxygen atoms in total. The van der Waals surface area contributed by atoms with E-state index in [0.717, 1.165) is 11.1 Å². The predicted octanol–water partition coefficient (Wildman–Crippen LogP) is 5.20. The third-order valence-corrected chi connectivity index (χ3v) is 7.14. The zero-order valence-electron chi connectivity index (χ0n) is 19.3. The van der Waals surface area contributed by atoms with Crippen molar-refractivity contribution < 1.29 is 18.3 Å². The highest BCUT2D eigenvalue weighted by Gasteiger charge is 2.21. The van der Waals surface area contributed by atoms with Crippen molar-refractivity contribution in [3.8, 4) is 0 Å². The smallest absolute Gasteiger partial charge is 0.305 e. The molecule has 0 fully saturated rings. The summed E-state index contributed by atoms with van der Waals surface area (Å²) in [6.07, 6.45) is 1.49. The maximum absolute atomic E-state index is 12.9. The van der Waals surface area contributed by atoms with Gasteiger partial charge in [0.1, 0.15) is 0 Å². The summed E-state index contributed by atoms with van der Waals surface area (Å²) in [5.41, 5.74) is 3.49. The number of hydrogen-bond donors (Lipinski definition) is 2. The molecule has 0 saturated heterocycles. The fourth-order valence-corrected chi connectivity index (χ4v) is 4.96. The van der Waals surface area contributed by atoms with Crippen molar-refractivity contribution in [1.29, 1.82) is 0 Å². The van der Waals surface area contributed by atoms with E-state index in [9.17, 15) is 18.3 Å². The van der Waals surface area contributed by atoms with E-state index in [-0.39, 0.29) is 16.7 Å². The van der Waals surface area contributed by atoms with Gasteiger partial charge in [0.25, 0.3) is 10.0 Å². The summed E-state index contributed by atoms with van der Waals surface area (Å²) in [5, 5.41) is 9.45. The highest BCUT2D eigenvalue weighted by atomic mass is 32.2. The number of sulfonamides is 1. The van der Waals surface area contributed by atoms with Crippen molar-refractivity contribution in [3.05, 3.63) is 90.3 Å². The molecule has 4 rings (SSSR count). The van der Waals surface area contributed by atoms with Gasteiger partial charge in [-0.05, 0) is 46.9 Å². The fraction of sp³-hybridized carbons (Fsp3) is 0.231. The largest absolute Gasteiger partial charge is 0.481 e. The van der Waals surface area contributed by atoms with Crippen molar-refractivity contribution in [2.24, 2.45) is 0 Å². The van der Waals surface area contributed by atoms with Crippen molar-refractivity contribution in [3.63, 3.8) is 0 Å². The summed E-state index contributed by atoms with van der Waals surface area (Å²) in [5.74, 6) is -0.919. The Morgan fingerprint density at radius 1 is 1.03 bits per heavy atom. The summed E-state index contributed by atoms with van der Waals surface area (Å²) in [4.78, 5) is 16.1. The lowest BCUT2D eigenvalue weighted by Gasteiger charge is -2.19. The Labute approximate surface area is 199 Å². The number of carboxylic acid groups (broad SMARTS) is 1. The summed E-state index contributed by atoms with van der Waals surface area (Å²) < 4.78 is 30.3. The number of carbonyl (C=O) groups is 1. The van der Waals surface area contributed by atoms with E-state index in [1.54, 1.807) is 36.7 Å². The van der Waals surface area contributed by atoms with E-state index in [4.69, 9.17) is 0 Å². The number of carboxylic acids is 1. The molecule has 176 valence electrons. The first-order chi connectivity index (χ1) is 16.0. The Hall–Kier alpha value is -3.65. The maximum atomic E-state index is 12.9. The van der Waals surface area contributed by atoms with Gasteiger partial charge in [-0.1, -0.05) is 63.2 Å². The number of aromatic nitrogens is 2. The van der Waals surface area contributed by atoms with E-state index < -0.39 is 22.0 Å². The second kappa shape index (κ2) is 8.95. The van der Waals surface area contributed by atoms with E-state index >= 15 is 0 Å². The lowest BCUT2D eigenvalue weighted by atomic mass is 9.87. The number of rotatable bonds is 7. The van der Waals surface area contributed by atoms with Crippen LogP contribution in [0.5, 0.6) is 0 Å². The standard InChI is InChI=1S/C26H27N3O4S/c1-26(2,3)19-9-12-21(13-10-19)34(32,33)28-20-11-14-23-22(15-20)27-17-29(23)24(16-25(30)31)18-7-5-4-6-8-18/h4-15,17,24,28H,16H2,1-3H3,(H,30,31). The normalized spacial score (nSPS) is 13.0. The molecule has 0 bridgehead atoms. The number of nitrogens with one attached hydrogen (secondary N) is 1. The van der Waals surface area contributed by atoms with Crippen molar-refractivity contribution >= 4 is 32.7 Å². The van der Waals surface area contributed by atoms with Gasteiger partial charge in [0.15, 0.2) is 0 Å². The van der Waals surface area contributed by atoms with Gasteiger partial charge < -0.3 is 9.67 Å². The minimum Gasteiger partial charge on any atom is -0.481 e. The van der Waals surface area contributed by atoms with Crippen LogP contribution in [0.15, 0.2) is 84.0 Å². The Kier molecular flexibility index (Phi) is 6.18. The SMILES string of the molecule is CC(C)(C)c1ccc(S(=O)(=O)Nc2ccc3c(c2)ncn3C(CC(=O)O)c2ccccc2)cc1. The molecule has 0 aliphatic carbocycles. The summed E-state index contributed by atoms with van der Waals surface area (Å²) in [6, 6.07) is 20.8. The van der Waals surface area contributed by atoms with Gasteiger partial charge >= 0.3 is 5.97 Å². The average molecular weight is 478 g/mol. The highest BCUT2D eigenvalue weighted by Crippen LogP contribution is 2.29. The van der Waals surface area contributed by atoms with Crippen LogP contribution >= 0.6 is 0 Å². The van der Waals surface area contributed by atoms with Crippen LogP contribution in [0, 0.1) is 0 Å². The van der Waals surface area contributed by atoms with Crippen molar-refractivity contribution in [2.45, 2.75) is 43.5 Å². The molecule has 0 aliphatic heterocycles. The molecule has 0 amide bonds. The molecule has 0 radical (unpaired) electrons. The van der Waals surface area contributed by atoms with Gasteiger partial charge in [-0.25, -0.2) is 13.4 Å². The number of benzene rings is 3. The summed E-state index contributed by atoms with van der Waals surface area (Å²) in [7, 11) is -3.77. The van der Waals surface area contributed by atoms with Crippen LogP contribution in [0.4, 0.5) is 5.69 Å². The molecule has 8 heteroatoms. The van der Waals surface area contributed by atoms with Gasteiger partial charge in [0.05, 0.1) is 40.4 Å². The zero-order valence-corrected chi connectivity index (χ0v) is 20.1. The second-order valence-electron chi connectivity index (χ2n) is 9.26.